The van der Waals surface area contributed by atoms with E-state index in [0.717, 1.165) is 29.2 Å². The lowest BCUT2D eigenvalue weighted by Crippen LogP contribution is -2.25. The van der Waals surface area contributed by atoms with Crippen molar-refractivity contribution in [3.63, 3.8) is 0 Å². The van der Waals surface area contributed by atoms with Crippen molar-refractivity contribution in [1.82, 2.24) is 5.32 Å². The number of nitrogens with one attached hydrogen (secondary N) is 1. The molecule has 0 bridgehead atoms. The zero-order valence-corrected chi connectivity index (χ0v) is 15.2. The summed E-state index contributed by atoms with van der Waals surface area (Å²) in [6, 6.07) is 15.1. The highest BCUT2D eigenvalue weighted by molar-refractivity contribution is 5.85. The molecule has 0 heterocycles. The Hall–Kier alpha value is -2.40. The van der Waals surface area contributed by atoms with Crippen LogP contribution >= 0.6 is 12.4 Å². The second-order valence-electron chi connectivity index (χ2n) is 5.43. The van der Waals surface area contributed by atoms with Gasteiger partial charge < -0.3 is 20.5 Å². The third kappa shape index (κ3) is 7.35. The van der Waals surface area contributed by atoms with Crippen LogP contribution < -0.4 is 20.5 Å². The Morgan fingerprint density at radius 1 is 1.12 bits per heavy atom. The Morgan fingerprint density at radius 3 is 2.64 bits per heavy atom. The third-order valence-electron chi connectivity index (χ3n) is 3.63. The van der Waals surface area contributed by atoms with Crippen LogP contribution in [-0.4, -0.2) is 26.2 Å². The van der Waals surface area contributed by atoms with E-state index in [4.69, 9.17) is 15.2 Å². The number of halogens is 1. The summed E-state index contributed by atoms with van der Waals surface area (Å²) in [5, 5.41) is 2.90. The molecule has 2 aromatic carbocycles. The number of nitrogens with two attached hydrogens (primary N) is 1. The van der Waals surface area contributed by atoms with E-state index in [1.807, 2.05) is 48.5 Å². The molecule has 0 atom stereocenters. The maximum Gasteiger partial charge on any atom is 0.220 e. The van der Waals surface area contributed by atoms with E-state index in [1.54, 1.807) is 7.11 Å². The van der Waals surface area contributed by atoms with Crippen LogP contribution in [0.25, 0.3) is 0 Å². The molecular weight excluding hydrogens is 340 g/mol. The minimum Gasteiger partial charge on any atom is -0.497 e. The lowest BCUT2D eigenvalue weighted by molar-refractivity contribution is -0.121. The first kappa shape index (κ1) is 20.6. The zero-order valence-electron chi connectivity index (χ0n) is 14.4. The minimum atomic E-state index is 0. The summed E-state index contributed by atoms with van der Waals surface area (Å²) in [4.78, 5) is 11.8. The minimum absolute atomic E-state index is 0. The monoisotopic (exact) mass is 364 g/mol. The maximum absolute atomic E-state index is 11.8. The molecule has 2 aromatic rings. The molecule has 0 saturated heterocycles. The van der Waals surface area contributed by atoms with Gasteiger partial charge in [0.25, 0.3) is 0 Å². The van der Waals surface area contributed by atoms with E-state index in [-0.39, 0.29) is 18.3 Å². The molecule has 0 aliphatic rings. The van der Waals surface area contributed by atoms with E-state index < -0.39 is 0 Å². The summed E-state index contributed by atoms with van der Waals surface area (Å²) in [6.45, 7) is 1.13. The number of nitrogen functional groups attached to an aromatic ring is 1. The second-order valence-corrected chi connectivity index (χ2v) is 5.43. The van der Waals surface area contributed by atoms with Crippen molar-refractivity contribution in [1.29, 1.82) is 0 Å². The first-order chi connectivity index (χ1) is 11.7. The van der Waals surface area contributed by atoms with Crippen molar-refractivity contribution in [2.75, 3.05) is 26.0 Å². The van der Waals surface area contributed by atoms with Crippen LogP contribution in [0, 0.1) is 0 Å². The number of ether oxygens (including phenoxy) is 2. The van der Waals surface area contributed by atoms with Gasteiger partial charge in [0.15, 0.2) is 0 Å². The van der Waals surface area contributed by atoms with Crippen LogP contribution in [-0.2, 0) is 11.2 Å². The Balaban J connectivity index is 0.00000312. The van der Waals surface area contributed by atoms with Crippen molar-refractivity contribution in [2.45, 2.75) is 19.3 Å². The van der Waals surface area contributed by atoms with Gasteiger partial charge in [-0.1, -0.05) is 24.3 Å². The standard InChI is InChI=1S/C19H24N2O3.ClH/c1-23-16-7-4-8-17(14-16)24-13-5-12-21-19(22)11-10-15-6-2-3-9-18(15)20;/h2-4,6-9,14H,5,10-13,20H2,1H3,(H,21,22);1H. The predicted molar refractivity (Wildman–Crippen MR) is 103 cm³/mol. The fraction of sp³-hybridized carbons (Fsp3) is 0.316. The molecule has 2 rings (SSSR count). The van der Waals surface area contributed by atoms with Gasteiger partial charge >= 0.3 is 0 Å². The number of para-hydroxylation sites is 1. The second kappa shape index (κ2) is 11.2. The van der Waals surface area contributed by atoms with Gasteiger partial charge in [-0.05, 0) is 36.6 Å². The van der Waals surface area contributed by atoms with Crippen LogP contribution in [0.3, 0.4) is 0 Å². The van der Waals surface area contributed by atoms with Gasteiger partial charge in [0, 0.05) is 24.7 Å². The number of carbonyl (C=O) groups excluding carboxylic acids is 1. The van der Waals surface area contributed by atoms with Crippen LogP contribution in [0.15, 0.2) is 48.5 Å². The number of anilines is 1. The van der Waals surface area contributed by atoms with Gasteiger partial charge in [0.1, 0.15) is 11.5 Å². The van der Waals surface area contributed by atoms with Gasteiger partial charge in [-0.3, -0.25) is 4.79 Å². The molecule has 0 spiro atoms. The molecule has 0 aliphatic carbocycles. The molecule has 5 nitrogen and oxygen atoms in total. The Bertz CT molecular complexity index is 665. The number of methoxy groups -OCH3 is 1. The first-order valence-corrected chi connectivity index (χ1v) is 8.06. The Morgan fingerprint density at radius 2 is 1.88 bits per heavy atom. The third-order valence-corrected chi connectivity index (χ3v) is 3.63. The number of amides is 1. The lowest BCUT2D eigenvalue weighted by Gasteiger charge is -2.09. The molecule has 3 N–H and O–H groups in total. The summed E-state index contributed by atoms with van der Waals surface area (Å²) < 4.78 is 10.8. The molecule has 0 unspecified atom stereocenters. The van der Waals surface area contributed by atoms with Crippen molar-refractivity contribution in [3.05, 3.63) is 54.1 Å². The smallest absolute Gasteiger partial charge is 0.220 e. The van der Waals surface area contributed by atoms with Crippen LogP contribution in [0.2, 0.25) is 0 Å². The summed E-state index contributed by atoms with van der Waals surface area (Å²) in [7, 11) is 1.62. The molecule has 0 fully saturated rings. The van der Waals surface area contributed by atoms with E-state index in [2.05, 4.69) is 5.32 Å². The van der Waals surface area contributed by atoms with Crippen molar-refractivity contribution >= 4 is 24.0 Å². The number of hydrogen-bond acceptors (Lipinski definition) is 4. The van der Waals surface area contributed by atoms with Crippen molar-refractivity contribution < 1.29 is 14.3 Å². The van der Waals surface area contributed by atoms with Gasteiger partial charge in [0.2, 0.25) is 5.91 Å². The maximum atomic E-state index is 11.8. The van der Waals surface area contributed by atoms with Gasteiger partial charge in [-0.25, -0.2) is 0 Å². The summed E-state index contributed by atoms with van der Waals surface area (Å²) in [5.74, 6) is 1.56. The van der Waals surface area contributed by atoms with Crippen LogP contribution in [0.4, 0.5) is 5.69 Å². The highest BCUT2D eigenvalue weighted by Gasteiger charge is 2.04. The SMILES string of the molecule is COc1cccc(OCCCNC(=O)CCc2ccccc2N)c1.Cl. The zero-order chi connectivity index (χ0) is 17.2. The first-order valence-electron chi connectivity index (χ1n) is 8.06. The number of benzene rings is 2. The average Bonchev–Trinajstić information content (AvgIpc) is 2.61. The van der Waals surface area contributed by atoms with E-state index in [0.29, 0.717) is 26.0 Å². The molecular formula is C19H25ClN2O3. The fourth-order valence-corrected chi connectivity index (χ4v) is 2.28. The number of rotatable bonds is 9. The predicted octanol–water partition coefficient (Wildman–Crippen LogP) is 3.22. The molecule has 6 heteroatoms. The molecule has 0 radical (unpaired) electrons. The summed E-state index contributed by atoms with van der Waals surface area (Å²) >= 11 is 0. The van der Waals surface area contributed by atoms with E-state index in [1.165, 1.54) is 0 Å². The van der Waals surface area contributed by atoms with E-state index in [9.17, 15) is 4.79 Å². The lowest BCUT2D eigenvalue weighted by atomic mass is 10.1. The molecule has 0 saturated carbocycles. The van der Waals surface area contributed by atoms with Crippen molar-refractivity contribution in [3.8, 4) is 11.5 Å². The van der Waals surface area contributed by atoms with Crippen molar-refractivity contribution in [2.24, 2.45) is 0 Å². The Labute approximate surface area is 154 Å². The number of carbonyl (C=O) groups is 1. The largest absolute Gasteiger partial charge is 0.497 e. The average molecular weight is 365 g/mol. The number of hydrogen-bond donors (Lipinski definition) is 2. The summed E-state index contributed by atoms with van der Waals surface area (Å²) in [6.07, 6.45) is 1.83. The quantitative estimate of drug-likeness (QED) is 0.529. The van der Waals surface area contributed by atoms with Crippen LogP contribution in [0.1, 0.15) is 18.4 Å². The molecule has 1 amide bonds. The molecule has 0 aliphatic heterocycles. The van der Waals surface area contributed by atoms with Gasteiger partial charge in [0.05, 0.1) is 13.7 Å². The molecule has 25 heavy (non-hydrogen) atoms. The van der Waals surface area contributed by atoms with Crippen LogP contribution in [0.5, 0.6) is 11.5 Å². The molecule has 136 valence electrons. The summed E-state index contributed by atoms with van der Waals surface area (Å²) in [5.41, 5.74) is 7.61. The fourth-order valence-electron chi connectivity index (χ4n) is 2.28. The van der Waals surface area contributed by atoms with Gasteiger partial charge in [-0.15, -0.1) is 12.4 Å². The molecule has 0 aromatic heterocycles. The Kier molecular flexibility index (Phi) is 9.25. The number of aryl methyl sites for hydroxylation is 1. The highest BCUT2D eigenvalue weighted by atomic mass is 35.5. The highest BCUT2D eigenvalue weighted by Crippen LogP contribution is 2.18. The topological polar surface area (TPSA) is 73.6 Å². The van der Waals surface area contributed by atoms with E-state index >= 15 is 0 Å². The normalized spacial score (nSPS) is 9.80. The van der Waals surface area contributed by atoms with Gasteiger partial charge in [-0.2, -0.15) is 0 Å².